The van der Waals surface area contributed by atoms with Gasteiger partial charge in [0, 0.05) is 11.2 Å². The smallest absolute Gasteiger partial charge is 0.0985 e. The van der Waals surface area contributed by atoms with Crippen molar-refractivity contribution in [2.24, 2.45) is 0 Å². The maximum atomic E-state index is 9.93. The van der Waals surface area contributed by atoms with E-state index in [2.05, 4.69) is 5.10 Å². The topological polar surface area (TPSA) is 38.0 Å². The molecule has 1 unspecified atom stereocenters. The Morgan fingerprint density at radius 1 is 1.19 bits per heavy atom. The van der Waals surface area contributed by atoms with Crippen LogP contribution < -0.4 is 0 Å². The SMILES string of the molecule is OC(Cn1cc(Cl)cn1)c1ccc(Cl)cc1. The number of rotatable bonds is 3. The van der Waals surface area contributed by atoms with Gasteiger partial charge in [-0.1, -0.05) is 35.3 Å². The molecule has 0 amide bonds. The second-order valence-corrected chi connectivity index (χ2v) is 4.32. The molecule has 1 atom stereocenters. The van der Waals surface area contributed by atoms with Crippen LogP contribution in [0.2, 0.25) is 10.0 Å². The third kappa shape index (κ3) is 2.76. The summed E-state index contributed by atoms with van der Waals surface area (Å²) in [7, 11) is 0. The Bertz CT molecular complexity index is 467. The summed E-state index contributed by atoms with van der Waals surface area (Å²) < 4.78 is 1.60. The first-order valence-electron chi connectivity index (χ1n) is 4.76. The molecule has 1 aromatic carbocycles. The lowest BCUT2D eigenvalue weighted by atomic mass is 10.1. The van der Waals surface area contributed by atoms with Gasteiger partial charge in [-0.05, 0) is 17.7 Å². The van der Waals surface area contributed by atoms with E-state index in [-0.39, 0.29) is 0 Å². The van der Waals surface area contributed by atoms with E-state index in [4.69, 9.17) is 23.2 Å². The molecule has 0 fully saturated rings. The number of hydrogen-bond acceptors (Lipinski definition) is 2. The Morgan fingerprint density at radius 3 is 2.44 bits per heavy atom. The van der Waals surface area contributed by atoms with Crippen LogP contribution in [0.3, 0.4) is 0 Å². The highest BCUT2D eigenvalue weighted by Gasteiger charge is 2.08. The van der Waals surface area contributed by atoms with E-state index in [0.717, 1.165) is 5.56 Å². The van der Waals surface area contributed by atoms with Crippen LogP contribution in [0.4, 0.5) is 0 Å². The molecule has 1 heterocycles. The summed E-state index contributed by atoms with van der Waals surface area (Å²) in [6.45, 7) is 0.369. The molecule has 2 rings (SSSR count). The summed E-state index contributed by atoms with van der Waals surface area (Å²) in [4.78, 5) is 0. The summed E-state index contributed by atoms with van der Waals surface area (Å²) in [5, 5.41) is 15.1. The van der Waals surface area contributed by atoms with Crippen molar-refractivity contribution in [2.45, 2.75) is 12.6 Å². The molecule has 0 saturated heterocycles. The minimum atomic E-state index is -0.617. The molecule has 1 aromatic heterocycles. The molecule has 0 radical (unpaired) electrons. The van der Waals surface area contributed by atoms with Crippen LogP contribution in [0.25, 0.3) is 0 Å². The van der Waals surface area contributed by atoms with Crippen molar-refractivity contribution in [3.05, 3.63) is 52.3 Å². The van der Waals surface area contributed by atoms with E-state index in [1.807, 2.05) is 0 Å². The zero-order valence-corrected chi connectivity index (χ0v) is 9.86. The van der Waals surface area contributed by atoms with Crippen molar-refractivity contribution < 1.29 is 5.11 Å². The molecule has 3 nitrogen and oxygen atoms in total. The van der Waals surface area contributed by atoms with Gasteiger partial charge in [0.1, 0.15) is 0 Å². The molecule has 0 aliphatic heterocycles. The fraction of sp³-hybridized carbons (Fsp3) is 0.182. The van der Waals surface area contributed by atoms with Gasteiger partial charge in [0.15, 0.2) is 0 Å². The Balaban J connectivity index is 2.08. The van der Waals surface area contributed by atoms with Crippen molar-refractivity contribution in [3.8, 4) is 0 Å². The van der Waals surface area contributed by atoms with E-state index >= 15 is 0 Å². The fourth-order valence-corrected chi connectivity index (χ4v) is 1.69. The van der Waals surface area contributed by atoms with Gasteiger partial charge >= 0.3 is 0 Å². The van der Waals surface area contributed by atoms with Crippen molar-refractivity contribution in [2.75, 3.05) is 0 Å². The van der Waals surface area contributed by atoms with Gasteiger partial charge in [0.05, 0.1) is 23.9 Å². The monoisotopic (exact) mass is 256 g/mol. The maximum Gasteiger partial charge on any atom is 0.0985 e. The standard InChI is InChI=1S/C11H10Cl2N2O/c12-9-3-1-8(2-4-9)11(16)7-15-6-10(13)5-14-15/h1-6,11,16H,7H2. The summed E-state index contributed by atoms with van der Waals surface area (Å²) in [5.41, 5.74) is 0.802. The van der Waals surface area contributed by atoms with E-state index in [1.165, 1.54) is 6.20 Å². The van der Waals surface area contributed by atoms with Crippen LogP contribution in [0.15, 0.2) is 36.7 Å². The molecule has 0 spiro atoms. The van der Waals surface area contributed by atoms with E-state index < -0.39 is 6.10 Å². The van der Waals surface area contributed by atoms with Crippen molar-refractivity contribution in [3.63, 3.8) is 0 Å². The second kappa shape index (κ2) is 4.87. The van der Waals surface area contributed by atoms with Gasteiger partial charge in [-0.25, -0.2) is 0 Å². The number of aromatic nitrogens is 2. The van der Waals surface area contributed by atoms with E-state index in [9.17, 15) is 5.11 Å². The maximum absolute atomic E-state index is 9.93. The van der Waals surface area contributed by atoms with Gasteiger partial charge < -0.3 is 5.11 Å². The Morgan fingerprint density at radius 2 is 1.88 bits per heavy atom. The first kappa shape index (κ1) is 11.5. The number of benzene rings is 1. The van der Waals surface area contributed by atoms with Gasteiger partial charge in [-0.3, -0.25) is 4.68 Å². The lowest BCUT2D eigenvalue weighted by Crippen LogP contribution is -2.08. The third-order valence-corrected chi connectivity index (χ3v) is 2.66. The van der Waals surface area contributed by atoms with Crippen LogP contribution in [-0.2, 0) is 6.54 Å². The Kier molecular flexibility index (Phi) is 3.49. The van der Waals surface area contributed by atoms with Crippen molar-refractivity contribution in [1.29, 1.82) is 0 Å². The van der Waals surface area contributed by atoms with Gasteiger partial charge in [0.25, 0.3) is 0 Å². The van der Waals surface area contributed by atoms with Crippen molar-refractivity contribution >= 4 is 23.2 Å². The molecule has 0 saturated carbocycles. The second-order valence-electron chi connectivity index (χ2n) is 3.45. The largest absolute Gasteiger partial charge is 0.386 e. The van der Waals surface area contributed by atoms with Gasteiger partial charge in [-0.15, -0.1) is 0 Å². The summed E-state index contributed by atoms with van der Waals surface area (Å²) in [5.74, 6) is 0. The molecule has 84 valence electrons. The summed E-state index contributed by atoms with van der Waals surface area (Å²) >= 11 is 11.5. The minimum Gasteiger partial charge on any atom is -0.386 e. The molecule has 1 N–H and O–H groups in total. The molecule has 16 heavy (non-hydrogen) atoms. The van der Waals surface area contributed by atoms with Gasteiger partial charge in [0.2, 0.25) is 0 Å². The van der Waals surface area contributed by atoms with Crippen molar-refractivity contribution in [1.82, 2.24) is 9.78 Å². The first-order chi connectivity index (χ1) is 7.65. The summed E-state index contributed by atoms with van der Waals surface area (Å²) in [6, 6.07) is 7.07. The normalized spacial score (nSPS) is 12.7. The molecule has 0 aliphatic rings. The zero-order valence-electron chi connectivity index (χ0n) is 8.35. The number of halogens is 2. The van der Waals surface area contributed by atoms with Crippen LogP contribution in [0, 0.1) is 0 Å². The quantitative estimate of drug-likeness (QED) is 0.917. The molecular weight excluding hydrogens is 247 g/mol. The predicted molar refractivity (Wildman–Crippen MR) is 63.6 cm³/mol. The van der Waals surface area contributed by atoms with E-state index in [1.54, 1.807) is 35.1 Å². The summed E-state index contributed by atoms with van der Waals surface area (Å²) in [6.07, 6.45) is 2.59. The minimum absolute atomic E-state index is 0.369. The highest BCUT2D eigenvalue weighted by Crippen LogP contribution is 2.18. The van der Waals surface area contributed by atoms with E-state index in [0.29, 0.717) is 16.6 Å². The average molecular weight is 257 g/mol. The molecule has 0 aliphatic carbocycles. The highest BCUT2D eigenvalue weighted by molar-refractivity contribution is 6.30. The average Bonchev–Trinajstić information content (AvgIpc) is 2.65. The Labute approximate surface area is 103 Å². The number of aliphatic hydroxyl groups excluding tert-OH is 1. The van der Waals surface area contributed by atoms with Crippen LogP contribution in [-0.4, -0.2) is 14.9 Å². The lowest BCUT2D eigenvalue weighted by molar-refractivity contribution is 0.151. The van der Waals surface area contributed by atoms with Crippen LogP contribution in [0.1, 0.15) is 11.7 Å². The number of nitrogens with zero attached hydrogens (tertiary/aromatic N) is 2. The first-order valence-corrected chi connectivity index (χ1v) is 5.52. The fourth-order valence-electron chi connectivity index (χ4n) is 1.41. The zero-order chi connectivity index (χ0) is 11.5. The number of hydrogen-bond donors (Lipinski definition) is 1. The van der Waals surface area contributed by atoms with Crippen LogP contribution >= 0.6 is 23.2 Å². The van der Waals surface area contributed by atoms with Gasteiger partial charge in [-0.2, -0.15) is 5.10 Å². The highest BCUT2D eigenvalue weighted by atomic mass is 35.5. The van der Waals surface area contributed by atoms with Crippen LogP contribution in [0.5, 0.6) is 0 Å². The molecular formula is C11H10Cl2N2O. The Hall–Kier alpha value is -1.03. The number of aliphatic hydroxyl groups is 1. The predicted octanol–water partition coefficient (Wildman–Crippen LogP) is 2.92. The molecule has 2 aromatic rings. The lowest BCUT2D eigenvalue weighted by Gasteiger charge is -2.10. The third-order valence-electron chi connectivity index (χ3n) is 2.22. The molecule has 5 heteroatoms. The molecule has 0 bridgehead atoms.